The number of allylic oxidation sites excluding steroid dienone is 2. The van der Waals surface area contributed by atoms with Crippen molar-refractivity contribution in [1.29, 1.82) is 0 Å². The first-order valence-corrected chi connectivity index (χ1v) is 11.5. The van der Waals surface area contributed by atoms with E-state index in [9.17, 15) is 14.7 Å². The van der Waals surface area contributed by atoms with E-state index >= 15 is 0 Å². The first-order valence-electron chi connectivity index (χ1n) is 11.2. The standard InChI is InChI=1S/C27H21ClN2O4/c1-3-27(33)20-11-22-24-18(12-30(22)25(31)19(20)13-34-26(27)32)23(15-5-4-6-16(28)10-15)17-9-14(2)7-8-21(17)29-24/h4-8,10-11,33H,2-3,9,12-13H2,1H3. The summed E-state index contributed by atoms with van der Waals surface area (Å²) in [5.41, 5.74) is 5.42. The van der Waals surface area contributed by atoms with Crippen LogP contribution in [0.15, 0.2) is 53.4 Å². The van der Waals surface area contributed by atoms with Crippen LogP contribution in [0, 0.1) is 0 Å². The van der Waals surface area contributed by atoms with E-state index in [2.05, 4.69) is 6.58 Å². The van der Waals surface area contributed by atoms with Crippen molar-refractivity contribution in [2.24, 2.45) is 0 Å². The molecule has 6 rings (SSSR count). The molecule has 0 saturated heterocycles. The van der Waals surface area contributed by atoms with E-state index < -0.39 is 11.6 Å². The summed E-state index contributed by atoms with van der Waals surface area (Å²) in [6.07, 6.45) is 4.64. The fourth-order valence-corrected chi connectivity index (χ4v) is 5.44. The highest BCUT2D eigenvalue weighted by atomic mass is 35.5. The minimum absolute atomic E-state index is 0.102. The molecule has 0 fully saturated rings. The number of rotatable bonds is 2. The number of esters is 1. The van der Waals surface area contributed by atoms with Crippen molar-refractivity contribution in [3.63, 3.8) is 0 Å². The largest absolute Gasteiger partial charge is 0.458 e. The normalized spacial score (nSPS) is 19.9. The molecule has 1 aromatic carbocycles. The number of fused-ring (bicyclic) bond motifs is 5. The lowest BCUT2D eigenvalue weighted by Crippen LogP contribution is -2.44. The Kier molecular flexibility index (Phi) is 4.50. The summed E-state index contributed by atoms with van der Waals surface area (Å²) in [6.45, 7) is 5.99. The van der Waals surface area contributed by atoms with Crippen LogP contribution in [0.5, 0.6) is 0 Å². The van der Waals surface area contributed by atoms with Crippen LogP contribution < -0.4 is 5.56 Å². The lowest BCUT2D eigenvalue weighted by atomic mass is 9.85. The first-order chi connectivity index (χ1) is 16.3. The Bertz CT molecular complexity index is 1530. The van der Waals surface area contributed by atoms with Gasteiger partial charge in [0.2, 0.25) is 0 Å². The zero-order valence-electron chi connectivity index (χ0n) is 18.5. The molecule has 2 aromatic heterocycles. The molecule has 2 aliphatic heterocycles. The van der Waals surface area contributed by atoms with Gasteiger partial charge in [-0.25, -0.2) is 9.78 Å². The Morgan fingerprint density at radius 3 is 2.79 bits per heavy atom. The van der Waals surface area contributed by atoms with Crippen LogP contribution in [0.4, 0.5) is 0 Å². The molecule has 0 amide bonds. The van der Waals surface area contributed by atoms with Gasteiger partial charge in [-0.1, -0.05) is 48.9 Å². The maximum absolute atomic E-state index is 13.5. The second kappa shape index (κ2) is 7.26. The Balaban J connectivity index is 1.67. The third kappa shape index (κ3) is 2.82. The number of aliphatic hydroxyl groups is 1. The minimum Gasteiger partial charge on any atom is -0.458 e. The molecule has 4 heterocycles. The van der Waals surface area contributed by atoms with E-state index in [-0.39, 0.29) is 18.6 Å². The monoisotopic (exact) mass is 472 g/mol. The van der Waals surface area contributed by atoms with E-state index in [0.29, 0.717) is 40.5 Å². The van der Waals surface area contributed by atoms with Gasteiger partial charge in [0, 0.05) is 16.1 Å². The second-order valence-corrected chi connectivity index (χ2v) is 9.40. The number of halogens is 1. The van der Waals surface area contributed by atoms with Gasteiger partial charge >= 0.3 is 5.97 Å². The highest BCUT2D eigenvalue weighted by Crippen LogP contribution is 2.44. The van der Waals surface area contributed by atoms with Gasteiger partial charge in [-0.3, -0.25) is 4.79 Å². The highest BCUT2D eigenvalue weighted by Gasteiger charge is 2.45. The van der Waals surface area contributed by atoms with Gasteiger partial charge in [0.05, 0.1) is 29.2 Å². The molecule has 1 N–H and O–H groups in total. The van der Waals surface area contributed by atoms with Gasteiger partial charge in [0.1, 0.15) is 6.61 Å². The summed E-state index contributed by atoms with van der Waals surface area (Å²) in [5.74, 6) is -0.732. The van der Waals surface area contributed by atoms with E-state index in [1.54, 1.807) is 17.6 Å². The summed E-state index contributed by atoms with van der Waals surface area (Å²) >= 11 is 6.34. The lowest BCUT2D eigenvalue weighted by Gasteiger charge is -2.31. The summed E-state index contributed by atoms with van der Waals surface area (Å²) < 4.78 is 6.83. The van der Waals surface area contributed by atoms with Crippen LogP contribution >= 0.6 is 11.6 Å². The van der Waals surface area contributed by atoms with E-state index in [0.717, 1.165) is 33.5 Å². The van der Waals surface area contributed by atoms with Gasteiger partial charge in [0.25, 0.3) is 5.56 Å². The fourth-order valence-electron chi connectivity index (χ4n) is 5.25. The molecule has 6 nitrogen and oxygen atoms in total. The third-order valence-electron chi connectivity index (χ3n) is 7.03. The molecule has 3 aromatic rings. The molecular weight excluding hydrogens is 452 g/mol. The van der Waals surface area contributed by atoms with Crippen molar-refractivity contribution in [2.45, 2.75) is 38.5 Å². The molecule has 7 heteroatoms. The second-order valence-electron chi connectivity index (χ2n) is 8.96. The van der Waals surface area contributed by atoms with Crippen molar-refractivity contribution in [2.75, 3.05) is 0 Å². The number of carbonyl (C=O) groups is 1. The topological polar surface area (TPSA) is 81.4 Å². The summed E-state index contributed by atoms with van der Waals surface area (Å²) in [4.78, 5) is 30.9. The highest BCUT2D eigenvalue weighted by molar-refractivity contribution is 6.30. The summed E-state index contributed by atoms with van der Waals surface area (Å²) in [6, 6.07) is 9.38. The van der Waals surface area contributed by atoms with E-state index in [4.69, 9.17) is 21.3 Å². The number of aromatic nitrogens is 2. The molecule has 1 atom stereocenters. The Morgan fingerprint density at radius 2 is 2.03 bits per heavy atom. The molecule has 0 saturated carbocycles. The number of hydrogen-bond acceptors (Lipinski definition) is 5. The number of pyridine rings is 2. The van der Waals surface area contributed by atoms with Crippen LogP contribution in [-0.4, -0.2) is 20.6 Å². The SMILES string of the molecule is C=C1C=Cc2nc3c(c(-c4cccc(Cl)c4)c2C1)Cn1c-3cc2c(c1=O)COC(=O)C2(O)CC. The molecule has 0 bridgehead atoms. The van der Waals surface area contributed by atoms with E-state index in [1.165, 1.54) is 0 Å². The first kappa shape index (κ1) is 21.1. The zero-order chi connectivity index (χ0) is 23.8. The van der Waals surface area contributed by atoms with E-state index in [1.807, 2.05) is 36.4 Å². The van der Waals surface area contributed by atoms with Gasteiger partial charge in [-0.2, -0.15) is 0 Å². The Hall–Kier alpha value is -3.48. The smallest absolute Gasteiger partial charge is 0.343 e. The molecule has 1 aliphatic carbocycles. The van der Waals surface area contributed by atoms with Gasteiger partial charge < -0.3 is 14.4 Å². The lowest BCUT2D eigenvalue weighted by molar-refractivity contribution is -0.172. The van der Waals surface area contributed by atoms with Crippen molar-refractivity contribution < 1.29 is 14.6 Å². The van der Waals surface area contributed by atoms with Crippen molar-refractivity contribution >= 4 is 23.6 Å². The predicted octanol–water partition coefficient (Wildman–Crippen LogP) is 4.37. The average molecular weight is 473 g/mol. The van der Waals surface area contributed by atoms with Crippen LogP contribution in [0.1, 0.15) is 41.3 Å². The number of nitrogens with zero attached hydrogens (tertiary/aromatic N) is 2. The minimum atomic E-state index is -1.85. The van der Waals surface area contributed by atoms with Gasteiger partial charge in [0.15, 0.2) is 5.60 Å². The third-order valence-corrected chi connectivity index (χ3v) is 7.26. The Labute approximate surface area is 200 Å². The number of cyclic esters (lactones) is 1. The number of benzene rings is 1. The molecule has 170 valence electrons. The van der Waals surface area contributed by atoms with Gasteiger partial charge in [-0.05, 0) is 53.8 Å². The van der Waals surface area contributed by atoms with Gasteiger partial charge in [-0.15, -0.1) is 0 Å². The van der Waals surface area contributed by atoms with Crippen LogP contribution in [0.3, 0.4) is 0 Å². The average Bonchev–Trinajstić information content (AvgIpc) is 3.19. The number of hydrogen-bond donors (Lipinski definition) is 1. The molecule has 1 unspecified atom stereocenters. The Morgan fingerprint density at radius 1 is 1.21 bits per heavy atom. The summed E-state index contributed by atoms with van der Waals surface area (Å²) in [7, 11) is 0. The molecule has 34 heavy (non-hydrogen) atoms. The maximum Gasteiger partial charge on any atom is 0.343 e. The summed E-state index contributed by atoms with van der Waals surface area (Å²) in [5, 5.41) is 11.7. The molecule has 3 aliphatic rings. The van der Waals surface area contributed by atoms with Crippen LogP contribution in [0.25, 0.3) is 28.6 Å². The predicted molar refractivity (Wildman–Crippen MR) is 129 cm³/mol. The fraction of sp³-hybridized carbons (Fsp3) is 0.222. The van der Waals surface area contributed by atoms with Crippen LogP contribution in [0.2, 0.25) is 5.02 Å². The number of ether oxygens (including phenoxy) is 1. The van der Waals surface area contributed by atoms with Crippen molar-refractivity contribution in [3.8, 4) is 22.5 Å². The van der Waals surface area contributed by atoms with Crippen molar-refractivity contribution in [3.05, 3.63) is 91.9 Å². The quantitative estimate of drug-likeness (QED) is 0.438. The molecule has 0 radical (unpaired) electrons. The van der Waals surface area contributed by atoms with Crippen molar-refractivity contribution in [1.82, 2.24) is 9.55 Å². The maximum atomic E-state index is 13.5. The van der Waals surface area contributed by atoms with Crippen LogP contribution in [-0.2, 0) is 34.7 Å². The zero-order valence-corrected chi connectivity index (χ0v) is 19.3. The molecular formula is C27H21ClN2O4. The molecule has 0 spiro atoms. The number of carbonyl (C=O) groups excluding carboxylic acids is 1.